The minimum atomic E-state index is -0.468. The molecule has 0 aliphatic rings. The van der Waals surface area contributed by atoms with E-state index < -0.39 is 4.92 Å². The minimum Gasteiger partial charge on any atom is -0.437 e. The van der Waals surface area contributed by atoms with E-state index >= 15 is 0 Å². The Morgan fingerprint density at radius 2 is 2.19 bits per heavy atom. The zero-order valence-corrected chi connectivity index (χ0v) is 11.5. The largest absolute Gasteiger partial charge is 0.437 e. The molecule has 0 saturated carbocycles. The van der Waals surface area contributed by atoms with Gasteiger partial charge < -0.3 is 4.74 Å². The summed E-state index contributed by atoms with van der Waals surface area (Å²) in [6.45, 7) is 1.70. The average Bonchev–Trinajstić information content (AvgIpc) is 2.93. The van der Waals surface area contributed by atoms with Crippen molar-refractivity contribution >= 4 is 22.9 Å². The Kier molecular flexibility index (Phi) is 3.15. The molecule has 0 unspecified atom stereocenters. The number of aromatic nitrogens is 4. The van der Waals surface area contributed by atoms with Gasteiger partial charge in [-0.3, -0.25) is 14.5 Å². The Morgan fingerprint density at radius 1 is 1.38 bits per heavy atom. The number of nitro benzene ring substituents is 1. The fourth-order valence-electron chi connectivity index (χ4n) is 1.79. The zero-order chi connectivity index (χ0) is 15.0. The van der Waals surface area contributed by atoms with E-state index in [1.807, 2.05) is 0 Å². The zero-order valence-electron chi connectivity index (χ0n) is 10.7. The van der Waals surface area contributed by atoms with Crippen LogP contribution in [0.5, 0.6) is 11.6 Å². The van der Waals surface area contributed by atoms with E-state index in [0.29, 0.717) is 17.0 Å². The van der Waals surface area contributed by atoms with E-state index in [2.05, 4.69) is 15.2 Å². The molecule has 0 aliphatic heterocycles. The Hall–Kier alpha value is -2.74. The first kappa shape index (κ1) is 13.3. The first-order valence-corrected chi connectivity index (χ1v) is 6.21. The predicted molar refractivity (Wildman–Crippen MR) is 73.7 cm³/mol. The number of hydrogen-bond acceptors (Lipinski definition) is 6. The molecule has 0 aliphatic carbocycles. The van der Waals surface area contributed by atoms with Crippen molar-refractivity contribution in [3.05, 3.63) is 51.6 Å². The maximum atomic E-state index is 10.7. The second-order valence-corrected chi connectivity index (χ2v) is 4.61. The van der Waals surface area contributed by atoms with Crippen molar-refractivity contribution in [1.29, 1.82) is 0 Å². The van der Waals surface area contributed by atoms with Crippen LogP contribution in [0.4, 0.5) is 5.69 Å². The van der Waals surface area contributed by atoms with E-state index in [1.54, 1.807) is 11.3 Å². The molecule has 3 rings (SSSR count). The molecule has 106 valence electrons. The van der Waals surface area contributed by atoms with Crippen LogP contribution in [0.25, 0.3) is 5.65 Å². The maximum Gasteiger partial charge on any atom is 0.269 e. The standard InChI is InChI=1S/C12H8ClN5O3/c1-7-4-8(18(19)20)2-3-9(7)21-12-10(13)11-16-15-6-17(11)5-14-12/h2-6H,1H3. The van der Waals surface area contributed by atoms with Crippen LogP contribution in [0.1, 0.15) is 5.56 Å². The van der Waals surface area contributed by atoms with Crippen molar-refractivity contribution in [3.8, 4) is 11.6 Å². The summed E-state index contributed by atoms with van der Waals surface area (Å²) in [5, 5.41) is 18.5. The van der Waals surface area contributed by atoms with Crippen LogP contribution >= 0.6 is 11.6 Å². The molecule has 21 heavy (non-hydrogen) atoms. The van der Waals surface area contributed by atoms with Gasteiger partial charge in [-0.1, -0.05) is 11.6 Å². The molecule has 3 aromatic rings. The van der Waals surface area contributed by atoms with Gasteiger partial charge in [0.2, 0.25) is 5.88 Å². The van der Waals surface area contributed by atoms with Crippen LogP contribution in [-0.2, 0) is 0 Å². The topological polar surface area (TPSA) is 95.5 Å². The van der Waals surface area contributed by atoms with Crippen molar-refractivity contribution < 1.29 is 9.66 Å². The fraction of sp³-hybridized carbons (Fsp3) is 0.0833. The number of hydrogen-bond donors (Lipinski definition) is 0. The monoisotopic (exact) mass is 305 g/mol. The van der Waals surface area contributed by atoms with Gasteiger partial charge in [-0.15, -0.1) is 10.2 Å². The second kappa shape index (κ2) is 4.98. The lowest BCUT2D eigenvalue weighted by molar-refractivity contribution is -0.384. The van der Waals surface area contributed by atoms with Gasteiger partial charge in [0.1, 0.15) is 23.4 Å². The summed E-state index contributed by atoms with van der Waals surface area (Å²) < 4.78 is 7.16. The van der Waals surface area contributed by atoms with Crippen LogP contribution in [0.15, 0.2) is 30.9 Å². The molecule has 9 heteroatoms. The van der Waals surface area contributed by atoms with Crippen molar-refractivity contribution in [1.82, 2.24) is 19.6 Å². The smallest absolute Gasteiger partial charge is 0.269 e. The lowest BCUT2D eigenvalue weighted by Gasteiger charge is -2.09. The number of rotatable bonds is 3. The number of aryl methyl sites for hydroxylation is 1. The second-order valence-electron chi connectivity index (χ2n) is 4.23. The van der Waals surface area contributed by atoms with Crippen LogP contribution in [-0.4, -0.2) is 24.5 Å². The third kappa shape index (κ3) is 2.36. The summed E-state index contributed by atoms with van der Waals surface area (Å²) in [5.41, 5.74) is 1.01. The first-order valence-electron chi connectivity index (χ1n) is 5.83. The molecule has 1 aromatic carbocycles. The summed E-state index contributed by atoms with van der Waals surface area (Å²) >= 11 is 6.15. The molecule has 8 nitrogen and oxygen atoms in total. The molecule has 0 saturated heterocycles. The van der Waals surface area contributed by atoms with E-state index in [4.69, 9.17) is 16.3 Å². The number of halogens is 1. The molecule has 2 heterocycles. The summed E-state index contributed by atoms with van der Waals surface area (Å²) in [5.74, 6) is 0.591. The third-order valence-electron chi connectivity index (χ3n) is 2.83. The van der Waals surface area contributed by atoms with Gasteiger partial charge in [0.15, 0.2) is 5.65 Å². The van der Waals surface area contributed by atoms with Gasteiger partial charge in [0.05, 0.1) is 4.92 Å². The number of fused-ring (bicyclic) bond motifs is 1. The minimum absolute atomic E-state index is 0.00758. The Balaban J connectivity index is 1.98. The number of nitro groups is 1. The highest BCUT2D eigenvalue weighted by Gasteiger charge is 2.14. The molecule has 0 atom stereocenters. The van der Waals surface area contributed by atoms with Gasteiger partial charge in [0, 0.05) is 12.1 Å². The highest BCUT2D eigenvalue weighted by Crippen LogP contribution is 2.32. The van der Waals surface area contributed by atoms with Crippen molar-refractivity contribution in [2.75, 3.05) is 0 Å². The molecule has 0 N–H and O–H groups in total. The van der Waals surface area contributed by atoms with Crippen LogP contribution < -0.4 is 4.74 Å². The lowest BCUT2D eigenvalue weighted by Crippen LogP contribution is -1.96. The number of benzene rings is 1. The molecule has 0 bridgehead atoms. The van der Waals surface area contributed by atoms with Gasteiger partial charge in [-0.2, -0.15) is 0 Å². The van der Waals surface area contributed by atoms with Crippen LogP contribution in [0.3, 0.4) is 0 Å². The van der Waals surface area contributed by atoms with E-state index in [0.717, 1.165) is 0 Å². The number of nitrogens with zero attached hydrogens (tertiary/aromatic N) is 5. The van der Waals surface area contributed by atoms with Crippen LogP contribution in [0, 0.1) is 17.0 Å². The predicted octanol–water partition coefficient (Wildman–Crippen LogP) is 2.79. The summed E-state index contributed by atoms with van der Waals surface area (Å²) in [6.07, 6.45) is 2.94. The normalized spacial score (nSPS) is 10.8. The molecular formula is C12H8ClN5O3. The Morgan fingerprint density at radius 3 is 2.90 bits per heavy atom. The molecular weight excluding hydrogens is 298 g/mol. The Labute approximate surface area is 123 Å². The summed E-state index contributed by atoms with van der Waals surface area (Å²) in [7, 11) is 0. The number of non-ortho nitro benzene ring substituents is 1. The highest BCUT2D eigenvalue weighted by molar-refractivity contribution is 6.34. The molecule has 0 radical (unpaired) electrons. The fourth-order valence-corrected chi connectivity index (χ4v) is 2.01. The van der Waals surface area contributed by atoms with Gasteiger partial charge in [-0.05, 0) is 18.6 Å². The molecule has 0 amide bonds. The molecule has 0 spiro atoms. The third-order valence-corrected chi connectivity index (χ3v) is 3.16. The van der Waals surface area contributed by atoms with Crippen molar-refractivity contribution in [2.24, 2.45) is 0 Å². The van der Waals surface area contributed by atoms with Crippen molar-refractivity contribution in [3.63, 3.8) is 0 Å². The van der Waals surface area contributed by atoms with E-state index in [9.17, 15) is 10.1 Å². The summed E-state index contributed by atoms with van der Waals surface area (Å²) in [6, 6.07) is 4.27. The average molecular weight is 306 g/mol. The van der Waals surface area contributed by atoms with Crippen molar-refractivity contribution in [2.45, 2.75) is 6.92 Å². The van der Waals surface area contributed by atoms with E-state index in [-0.39, 0.29) is 16.6 Å². The molecule has 2 aromatic heterocycles. The Bertz CT molecular complexity index is 848. The number of ether oxygens (including phenoxy) is 1. The highest BCUT2D eigenvalue weighted by atomic mass is 35.5. The van der Waals surface area contributed by atoms with Gasteiger partial charge in [-0.25, -0.2) is 4.98 Å². The summed E-state index contributed by atoms with van der Waals surface area (Å²) in [4.78, 5) is 14.3. The SMILES string of the molecule is Cc1cc([N+](=O)[O-])ccc1Oc1ncn2cnnc2c1Cl. The quantitative estimate of drug-likeness (QED) is 0.545. The van der Waals surface area contributed by atoms with Gasteiger partial charge in [0.25, 0.3) is 5.69 Å². The first-order chi connectivity index (χ1) is 10.1. The maximum absolute atomic E-state index is 10.7. The lowest BCUT2D eigenvalue weighted by atomic mass is 10.2. The van der Waals surface area contributed by atoms with E-state index in [1.165, 1.54) is 30.9 Å². The van der Waals surface area contributed by atoms with Crippen LogP contribution in [0.2, 0.25) is 5.02 Å². The molecule has 0 fully saturated rings. The van der Waals surface area contributed by atoms with Gasteiger partial charge >= 0.3 is 0 Å².